The minimum atomic E-state index is -1.07. The van der Waals surface area contributed by atoms with Crippen molar-refractivity contribution in [1.82, 2.24) is 19.9 Å². The van der Waals surface area contributed by atoms with E-state index < -0.39 is 23.0 Å². The molecule has 1 saturated carbocycles. The van der Waals surface area contributed by atoms with Crippen LogP contribution in [0.25, 0.3) is 22.2 Å². The van der Waals surface area contributed by atoms with Gasteiger partial charge in [0.2, 0.25) is 5.78 Å². The molecule has 0 spiro atoms. The predicted molar refractivity (Wildman–Crippen MR) is 103 cm³/mol. The van der Waals surface area contributed by atoms with E-state index in [-0.39, 0.29) is 11.3 Å². The number of pyridine rings is 1. The van der Waals surface area contributed by atoms with Crippen molar-refractivity contribution in [2.75, 3.05) is 5.73 Å². The minimum Gasteiger partial charge on any atom is -0.396 e. The number of nitrogen functional groups attached to an aromatic ring is 1. The van der Waals surface area contributed by atoms with Crippen LogP contribution in [0.2, 0.25) is 0 Å². The van der Waals surface area contributed by atoms with Crippen molar-refractivity contribution in [3.63, 3.8) is 0 Å². The summed E-state index contributed by atoms with van der Waals surface area (Å²) in [4.78, 5) is 28.8. The van der Waals surface area contributed by atoms with Gasteiger partial charge in [-0.05, 0) is 31.0 Å². The summed E-state index contributed by atoms with van der Waals surface area (Å²) in [6.07, 6.45) is 8.67. The average Bonchev–Trinajstić information content (AvgIpc) is 3.50. The van der Waals surface area contributed by atoms with Crippen LogP contribution < -0.4 is 5.73 Å². The van der Waals surface area contributed by atoms with E-state index in [9.17, 15) is 13.6 Å². The number of fused-ring (bicyclic) bond motifs is 1. The third-order valence-corrected chi connectivity index (χ3v) is 5.07. The maximum atomic E-state index is 14.3. The first-order valence-corrected chi connectivity index (χ1v) is 9.10. The van der Waals surface area contributed by atoms with Crippen LogP contribution in [0.1, 0.15) is 40.5 Å². The number of halogens is 2. The number of carbonyl (C=O) groups is 1. The predicted octanol–water partition coefficient (Wildman–Crippen LogP) is 3.99. The van der Waals surface area contributed by atoms with Crippen molar-refractivity contribution < 1.29 is 13.6 Å². The van der Waals surface area contributed by atoms with E-state index in [2.05, 4.69) is 19.9 Å². The molecule has 0 atom stereocenters. The van der Waals surface area contributed by atoms with Crippen molar-refractivity contribution in [3.8, 4) is 11.1 Å². The molecule has 1 aromatic carbocycles. The van der Waals surface area contributed by atoms with Crippen molar-refractivity contribution in [2.24, 2.45) is 0 Å². The van der Waals surface area contributed by atoms with E-state index >= 15 is 0 Å². The van der Waals surface area contributed by atoms with Crippen molar-refractivity contribution >= 4 is 22.5 Å². The highest BCUT2D eigenvalue weighted by Crippen LogP contribution is 2.38. The van der Waals surface area contributed by atoms with Gasteiger partial charge < -0.3 is 10.7 Å². The topological polar surface area (TPSA) is 97.6 Å². The lowest BCUT2D eigenvalue weighted by atomic mass is 10.0. The van der Waals surface area contributed by atoms with Crippen LogP contribution in [0.5, 0.6) is 0 Å². The lowest BCUT2D eigenvalue weighted by Crippen LogP contribution is -2.09. The third-order valence-electron chi connectivity index (χ3n) is 5.07. The first-order chi connectivity index (χ1) is 14.0. The summed E-state index contributed by atoms with van der Waals surface area (Å²) in [5.74, 6) is -1.57. The number of anilines is 1. The zero-order valence-corrected chi connectivity index (χ0v) is 15.1. The molecule has 1 fully saturated rings. The van der Waals surface area contributed by atoms with E-state index in [1.807, 2.05) is 0 Å². The van der Waals surface area contributed by atoms with Crippen LogP contribution in [0.4, 0.5) is 14.5 Å². The second-order valence-corrected chi connectivity index (χ2v) is 7.08. The van der Waals surface area contributed by atoms with Gasteiger partial charge in [0.05, 0.1) is 11.3 Å². The molecular weight excluding hydrogens is 376 g/mol. The average molecular weight is 391 g/mol. The molecule has 0 radical (unpaired) electrons. The van der Waals surface area contributed by atoms with Gasteiger partial charge >= 0.3 is 0 Å². The van der Waals surface area contributed by atoms with E-state index in [0.29, 0.717) is 22.5 Å². The van der Waals surface area contributed by atoms with Gasteiger partial charge in [-0.2, -0.15) is 0 Å². The summed E-state index contributed by atoms with van der Waals surface area (Å²) in [5.41, 5.74) is 6.50. The number of rotatable bonds is 4. The number of hydrogen-bond acceptors (Lipinski definition) is 5. The molecule has 3 N–H and O–H groups in total. The molecule has 144 valence electrons. The first-order valence-electron chi connectivity index (χ1n) is 9.10. The second-order valence-electron chi connectivity index (χ2n) is 7.08. The fourth-order valence-electron chi connectivity index (χ4n) is 3.30. The van der Waals surface area contributed by atoms with E-state index in [1.54, 1.807) is 24.7 Å². The van der Waals surface area contributed by atoms with Crippen molar-refractivity contribution in [1.29, 1.82) is 0 Å². The molecule has 5 rings (SSSR count). The van der Waals surface area contributed by atoms with Gasteiger partial charge in [-0.3, -0.25) is 4.79 Å². The molecule has 3 heterocycles. The summed E-state index contributed by atoms with van der Waals surface area (Å²) in [5, 5.41) is 0.444. The lowest BCUT2D eigenvalue weighted by Gasteiger charge is -2.06. The Balaban J connectivity index is 1.58. The van der Waals surface area contributed by atoms with Gasteiger partial charge in [0, 0.05) is 52.8 Å². The monoisotopic (exact) mass is 391 g/mol. The summed E-state index contributed by atoms with van der Waals surface area (Å²) in [6, 6.07) is 3.79. The number of H-pyrrole nitrogens is 1. The highest BCUT2D eigenvalue weighted by Gasteiger charge is 2.26. The zero-order valence-electron chi connectivity index (χ0n) is 15.1. The molecule has 4 aromatic rings. The fourth-order valence-corrected chi connectivity index (χ4v) is 3.30. The smallest absolute Gasteiger partial charge is 0.201 e. The standard InChI is InChI=1S/C21H15F2N5O/c22-15-3-4-16(24)18(23)17(15)19(29)14-9-28-21-13(14)5-11(6-27-21)12-7-25-20(26-8-12)10-1-2-10/h3-10H,1-2,24H2,(H,27,28). The van der Waals surface area contributed by atoms with Gasteiger partial charge in [0.1, 0.15) is 17.3 Å². The van der Waals surface area contributed by atoms with Gasteiger partial charge in [0.25, 0.3) is 0 Å². The number of aromatic amines is 1. The first kappa shape index (κ1) is 17.4. The maximum absolute atomic E-state index is 14.3. The molecule has 1 aliphatic carbocycles. The number of carbonyl (C=O) groups excluding carboxylic acids is 1. The van der Waals surface area contributed by atoms with Crippen LogP contribution >= 0.6 is 0 Å². The number of aromatic nitrogens is 4. The normalized spacial score (nSPS) is 13.7. The van der Waals surface area contributed by atoms with Gasteiger partial charge in [-0.15, -0.1) is 0 Å². The number of hydrogen-bond donors (Lipinski definition) is 2. The Kier molecular flexibility index (Phi) is 3.87. The molecule has 29 heavy (non-hydrogen) atoms. The zero-order chi connectivity index (χ0) is 20.1. The van der Waals surface area contributed by atoms with E-state index in [1.165, 1.54) is 6.20 Å². The van der Waals surface area contributed by atoms with Crippen molar-refractivity contribution in [3.05, 3.63) is 71.6 Å². The Hall–Kier alpha value is -3.68. The Labute approximate surface area is 163 Å². The van der Waals surface area contributed by atoms with Crippen LogP contribution in [0.15, 0.2) is 43.0 Å². The summed E-state index contributed by atoms with van der Waals surface area (Å²) in [6.45, 7) is 0. The van der Waals surface area contributed by atoms with Crippen LogP contribution in [-0.2, 0) is 0 Å². The number of ketones is 1. The third kappa shape index (κ3) is 2.93. The molecule has 0 bridgehead atoms. The Morgan fingerprint density at radius 2 is 1.79 bits per heavy atom. The highest BCUT2D eigenvalue weighted by molar-refractivity contribution is 6.16. The molecular formula is C21H15F2N5O. The van der Waals surface area contributed by atoms with Gasteiger partial charge in [0.15, 0.2) is 5.82 Å². The Morgan fingerprint density at radius 3 is 2.52 bits per heavy atom. The number of nitrogens with one attached hydrogen (secondary N) is 1. The number of benzene rings is 1. The van der Waals surface area contributed by atoms with E-state index in [4.69, 9.17) is 5.73 Å². The fraction of sp³-hybridized carbons (Fsp3) is 0.143. The molecule has 6 nitrogen and oxygen atoms in total. The lowest BCUT2D eigenvalue weighted by molar-refractivity contribution is 0.103. The summed E-state index contributed by atoms with van der Waals surface area (Å²) >= 11 is 0. The maximum Gasteiger partial charge on any atom is 0.201 e. The van der Waals surface area contributed by atoms with Gasteiger partial charge in [-0.25, -0.2) is 23.7 Å². The van der Waals surface area contributed by atoms with Gasteiger partial charge in [-0.1, -0.05) is 0 Å². The van der Waals surface area contributed by atoms with Crippen LogP contribution in [0, 0.1) is 11.6 Å². The Morgan fingerprint density at radius 1 is 1.07 bits per heavy atom. The second kappa shape index (κ2) is 6.44. The van der Waals surface area contributed by atoms with E-state index in [0.717, 1.165) is 36.4 Å². The molecule has 0 unspecified atom stereocenters. The molecule has 0 saturated heterocycles. The minimum absolute atomic E-state index is 0.105. The summed E-state index contributed by atoms with van der Waals surface area (Å²) < 4.78 is 28.5. The molecule has 1 aliphatic rings. The summed E-state index contributed by atoms with van der Waals surface area (Å²) in [7, 11) is 0. The SMILES string of the molecule is Nc1ccc(F)c(C(=O)c2c[nH]c3ncc(-c4cnc(C5CC5)nc4)cc23)c1F. The molecule has 3 aromatic heterocycles. The highest BCUT2D eigenvalue weighted by atomic mass is 19.1. The molecule has 8 heteroatoms. The van der Waals surface area contributed by atoms with Crippen LogP contribution in [0.3, 0.4) is 0 Å². The molecule has 0 amide bonds. The van der Waals surface area contributed by atoms with Crippen molar-refractivity contribution in [2.45, 2.75) is 18.8 Å². The largest absolute Gasteiger partial charge is 0.396 e. The quantitative estimate of drug-likeness (QED) is 0.405. The molecule has 0 aliphatic heterocycles. The Bertz CT molecular complexity index is 1260. The number of nitrogens with zero attached hydrogens (tertiary/aromatic N) is 3. The number of nitrogens with two attached hydrogens (primary N) is 1. The van der Waals surface area contributed by atoms with Crippen LogP contribution in [-0.4, -0.2) is 25.7 Å².